The molecule has 2 atom stereocenters. The molecule has 3 N–H and O–H groups in total. The fourth-order valence-electron chi connectivity index (χ4n) is 4.03. The SMILES string of the molecule is C#CN(C(=O)C(Cc1ccc(O)cc1)NC(=O)OC(C)(C)C)C(C(=O)Nc1ccccc1C)c1ccc(C)cc1. The number of aromatic hydroxyl groups is 1. The lowest BCUT2D eigenvalue weighted by atomic mass is 10.00. The fraction of sp³-hybridized carbons (Fsp3) is 0.281. The van der Waals surface area contributed by atoms with E-state index in [1.54, 1.807) is 57.2 Å². The monoisotopic (exact) mass is 541 g/mol. The second kappa shape index (κ2) is 12.9. The number of benzene rings is 3. The van der Waals surface area contributed by atoms with E-state index < -0.39 is 35.6 Å². The van der Waals surface area contributed by atoms with Gasteiger partial charge in [0, 0.05) is 18.2 Å². The van der Waals surface area contributed by atoms with E-state index in [9.17, 15) is 19.5 Å². The van der Waals surface area contributed by atoms with Gasteiger partial charge in [0.1, 0.15) is 23.4 Å². The van der Waals surface area contributed by atoms with E-state index >= 15 is 0 Å². The number of ether oxygens (including phenoxy) is 1. The van der Waals surface area contributed by atoms with Gasteiger partial charge in [0.05, 0.1) is 0 Å². The third-order valence-corrected chi connectivity index (χ3v) is 6.04. The van der Waals surface area contributed by atoms with Gasteiger partial charge in [0.15, 0.2) is 0 Å². The molecule has 0 radical (unpaired) electrons. The second-order valence-corrected chi connectivity index (χ2v) is 10.5. The smallest absolute Gasteiger partial charge is 0.408 e. The molecular formula is C32H35N3O5. The van der Waals surface area contributed by atoms with E-state index in [1.807, 2.05) is 38.1 Å². The Morgan fingerprint density at radius 3 is 2.17 bits per heavy atom. The Morgan fingerprint density at radius 1 is 0.975 bits per heavy atom. The predicted octanol–water partition coefficient (Wildman–Crippen LogP) is 5.24. The minimum Gasteiger partial charge on any atom is -0.508 e. The number of nitrogens with one attached hydrogen (secondary N) is 2. The highest BCUT2D eigenvalue weighted by Gasteiger charge is 2.36. The van der Waals surface area contributed by atoms with Gasteiger partial charge in [-0.05, 0) is 69.5 Å². The van der Waals surface area contributed by atoms with Gasteiger partial charge in [0.25, 0.3) is 11.8 Å². The first-order valence-corrected chi connectivity index (χ1v) is 12.9. The first-order chi connectivity index (χ1) is 18.9. The molecule has 3 amide bonds. The van der Waals surface area contributed by atoms with Crippen molar-refractivity contribution < 1.29 is 24.2 Å². The first kappa shape index (κ1) is 29.8. The third kappa shape index (κ3) is 8.11. The average molecular weight is 542 g/mol. The van der Waals surface area contributed by atoms with E-state index in [0.29, 0.717) is 16.8 Å². The molecule has 8 nitrogen and oxygen atoms in total. The molecule has 0 aromatic heterocycles. The van der Waals surface area contributed by atoms with Crippen molar-refractivity contribution in [2.75, 3.05) is 5.32 Å². The maximum absolute atomic E-state index is 14.0. The maximum atomic E-state index is 14.0. The summed E-state index contributed by atoms with van der Waals surface area (Å²) in [5.41, 5.74) is 2.75. The zero-order valence-corrected chi connectivity index (χ0v) is 23.4. The van der Waals surface area contributed by atoms with Crippen LogP contribution in [0, 0.1) is 26.3 Å². The number of carbonyl (C=O) groups excluding carboxylic acids is 3. The molecule has 0 fully saturated rings. The number of amides is 3. The standard InChI is InChI=1S/C32H35N3O5/c1-7-35(28(24-16-12-21(2)13-17-24)29(37)33-26-11-9-8-10-22(26)3)30(38)27(34-31(39)40-32(4,5)6)20-23-14-18-25(36)19-15-23/h1,8-19,27-28,36H,20H2,2-6H3,(H,33,37)(H,34,39). The van der Waals surface area contributed by atoms with Crippen LogP contribution in [0.5, 0.6) is 5.75 Å². The predicted molar refractivity (Wildman–Crippen MR) is 154 cm³/mol. The number of rotatable bonds is 8. The highest BCUT2D eigenvalue weighted by atomic mass is 16.6. The normalized spacial score (nSPS) is 12.4. The summed E-state index contributed by atoms with van der Waals surface area (Å²) in [5, 5.41) is 15.2. The number of phenols is 1. The number of terminal acetylenes is 1. The molecule has 0 aliphatic carbocycles. The number of carbonyl (C=O) groups is 3. The van der Waals surface area contributed by atoms with Crippen LogP contribution in [0.3, 0.4) is 0 Å². The Labute approximate surface area is 235 Å². The quantitative estimate of drug-likeness (QED) is 0.267. The van der Waals surface area contributed by atoms with E-state index in [0.717, 1.165) is 16.0 Å². The van der Waals surface area contributed by atoms with Crippen LogP contribution >= 0.6 is 0 Å². The number of aryl methyl sites for hydroxylation is 2. The van der Waals surface area contributed by atoms with Gasteiger partial charge in [-0.25, -0.2) is 4.79 Å². The van der Waals surface area contributed by atoms with Gasteiger partial charge < -0.3 is 20.5 Å². The molecule has 3 rings (SSSR count). The summed E-state index contributed by atoms with van der Waals surface area (Å²) in [6, 6.07) is 20.7. The molecular weight excluding hydrogens is 506 g/mol. The van der Waals surface area contributed by atoms with E-state index in [4.69, 9.17) is 11.2 Å². The Bertz CT molecular complexity index is 1390. The number of hydrogen-bond donors (Lipinski definition) is 3. The minimum atomic E-state index is -1.19. The van der Waals surface area contributed by atoms with Crippen LogP contribution in [0.1, 0.15) is 49.1 Å². The largest absolute Gasteiger partial charge is 0.508 e. The number of nitrogens with zero attached hydrogens (tertiary/aromatic N) is 1. The number of alkyl carbamates (subject to hydrolysis) is 1. The van der Waals surface area contributed by atoms with Crippen molar-refractivity contribution in [3.05, 3.63) is 95.1 Å². The van der Waals surface area contributed by atoms with Gasteiger partial charge in [0.2, 0.25) is 0 Å². The van der Waals surface area contributed by atoms with Crippen LogP contribution in [-0.2, 0) is 20.7 Å². The Hall–Kier alpha value is -4.77. The average Bonchev–Trinajstić information content (AvgIpc) is 2.88. The topological polar surface area (TPSA) is 108 Å². The Kier molecular flexibility index (Phi) is 9.57. The van der Waals surface area contributed by atoms with Gasteiger partial charge >= 0.3 is 6.09 Å². The third-order valence-electron chi connectivity index (χ3n) is 6.04. The summed E-state index contributed by atoms with van der Waals surface area (Å²) >= 11 is 0. The lowest BCUT2D eigenvalue weighted by molar-refractivity contribution is -0.136. The summed E-state index contributed by atoms with van der Waals surface area (Å²) in [5.74, 6) is -1.12. The van der Waals surface area contributed by atoms with Crippen molar-refractivity contribution in [3.63, 3.8) is 0 Å². The lowest BCUT2D eigenvalue weighted by Gasteiger charge is -2.30. The van der Waals surface area contributed by atoms with Gasteiger partial charge in [-0.1, -0.05) is 66.6 Å². The molecule has 0 spiro atoms. The Balaban J connectivity index is 2.01. The van der Waals surface area contributed by atoms with Crippen LogP contribution in [-0.4, -0.2) is 39.6 Å². The number of phenolic OH excluding ortho intramolecular Hbond substituents is 1. The van der Waals surface area contributed by atoms with Gasteiger partial charge in [-0.15, -0.1) is 0 Å². The minimum absolute atomic E-state index is 0.0383. The van der Waals surface area contributed by atoms with E-state index in [2.05, 4.69) is 16.7 Å². The van der Waals surface area contributed by atoms with Crippen LogP contribution < -0.4 is 10.6 Å². The molecule has 208 valence electrons. The molecule has 3 aromatic rings. The first-order valence-electron chi connectivity index (χ1n) is 12.9. The van der Waals surface area contributed by atoms with Crippen LogP contribution in [0.15, 0.2) is 72.8 Å². The van der Waals surface area contributed by atoms with Crippen LogP contribution in [0.4, 0.5) is 10.5 Å². The van der Waals surface area contributed by atoms with Crippen molar-refractivity contribution in [2.45, 2.75) is 58.7 Å². The van der Waals surface area contributed by atoms with Crippen molar-refractivity contribution in [2.24, 2.45) is 0 Å². The van der Waals surface area contributed by atoms with Crippen molar-refractivity contribution in [1.82, 2.24) is 10.2 Å². The van der Waals surface area contributed by atoms with E-state index in [1.165, 1.54) is 12.1 Å². The van der Waals surface area contributed by atoms with Crippen molar-refractivity contribution in [3.8, 4) is 18.2 Å². The lowest BCUT2D eigenvalue weighted by Crippen LogP contribution is -2.51. The summed E-state index contributed by atoms with van der Waals surface area (Å²) in [6.07, 6.45) is 5.12. The van der Waals surface area contributed by atoms with Crippen molar-refractivity contribution in [1.29, 1.82) is 0 Å². The van der Waals surface area contributed by atoms with Crippen LogP contribution in [0.25, 0.3) is 0 Å². The van der Waals surface area contributed by atoms with Crippen molar-refractivity contribution >= 4 is 23.6 Å². The molecule has 0 saturated carbocycles. The number of para-hydroxylation sites is 1. The molecule has 0 aliphatic heterocycles. The fourth-order valence-corrected chi connectivity index (χ4v) is 4.03. The highest BCUT2D eigenvalue weighted by molar-refractivity contribution is 6.00. The molecule has 3 aromatic carbocycles. The molecule has 0 aliphatic rings. The van der Waals surface area contributed by atoms with Gasteiger partial charge in [-0.2, -0.15) is 0 Å². The molecule has 0 saturated heterocycles. The summed E-state index contributed by atoms with van der Waals surface area (Å²) in [4.78, 5) is 41.5. The number of hydrogen-bond acceptors (Lipinski definition) is 5. The number of anilines is 1. The summed E-state index contributed by atoms with van der Waals surface area (Å²) in [7, 11) is 0. The zero-order valence-electron chi connectivity index (χ0n) is 23.4. The molecule has 40 heavy (non-hydrogen) atoms. The zero-order chi connectivity index (χ0) is 29.4. The molecule has 0 bridgehead atoms. The highest BCUT2D eigenvalue weighted by Crippen LogP contribution is 2.26. The Morgan fingerprint density at radius 2 is 1.60 bits per heavy atom. The molecule has 0 heterocycles. The molecule has 2 unspecified atom stereocenters. The summed E-state index contributed by atoms with van der Waals surface area (Å²) in [6.45, 7) is 8.90. The maximum Gasteiger partial charge on any atom is 0.408 e. The summed E-state index contributed by atoms with van der Waals surface area (Å²) < 4.78 is 5.39. The van der Waals surface area contributed by atoms with Gasteiger partial charge in [-0.3, -0.25) is 14.5 Å². The second-order valence-electron chi connectivity index (χ2n) is 10.5. The van der Waals surface area contributed by atoms with E-state index in [-0.39, 0.29) is 12.2 Å². The molecule has 8 heteroatoms. The van der Waals surface area contributed by atoms with Crippen LogP contribution in [0.2, 0.25) is 0 Å².